The van der Waals surface area contributed by atoms with E-state index in [1.165, 1.54) is 11.0 Å². The average molecular weight is 374 g/mol. The zero-order valence-corrected chi connectivity index (χ0v) is 14.4. The molecule has 1 heterocycles. The topological polar surface area (TPSA) is 38.8 Å². The maximum atomic E-state index is 13.9. The van der Waals surface area contributed by atoms with Crippen LogP contribution in [0.4, 0.5) is 10.1 Å². The molecule has 1 aliphatic heterocycles. The van der Waals surface area contributed by atoms with Crippen molar-refractivity contribution in [2.24, 2.45) is 0 Å². The van der Waals surface area contributed by atoms with Crippen LogP contribution in [-0.4, -0.2) is 38.4 Å². The summed E-state index contributed by atoms with van der Waals surface area (Å²) in [6.07, 6.45) is 2.58. The van der Waals surface area contributed by atoms with Crippen LogP contribution >= 0.6 is 15.9 Å². The van der Waals surface area contributed by atoms with E-state index in [0.717, 1.165) is 25.9 Å². The normalized spacial score (nSPS) is 19.7. The van der Waals surface area contributed by atoms with Gasteiger partial charge >= 0.3 is 0 Å². The van der Waals surface area contributed by atoms with Gasteiger partial charge in [0.1, 0.15) is 11.9 Å². The van der Waals surface area contributed by atoms with Crippen molar-refractivity contribution in [1.29, 1.82) is 0 Å². The van der Waals surface area contributed by atoms with Gasteiger partial charge in [0.25, 0.3) is 5.91 Å². The molecule has 0 aromatic heterocycles. The highest BCUT2D eigenvalue weighted by molar-refractivity contribution is 9.10. The molecule has 0 spiro atoms. The third-order valence-corrected chi connectivity index (χ3v) is 4.25. The van der Waals surface area contributed by atoms with E-state index in [1.54, 1.807) is 26.1 Å². The van der Waals surface area contributed by atoms with E-state index in [4.69, 9.17) is 9.47 Å². The fourth-order valence-corrected chi connectivity index (χ4v) is 2.74. The lowest BCUT2D eigenvalue weighted by atomic mass is 10.1. The van der Waals surface area contributed by atoms with Gasteiger partial charge in [-0.15, -0.1) is 0 Å². The number of rotatable bonds is 5. The molecule has 22 heavy (non-hydrogen) atoms. The Balaban J connectivity index is 1.91. The molecule has 1 amide bonds. The molecule has 2 rings (SSSR count). The van der Waals surface area contributed by atoms with Crippen molar-refractivity contribution in [2.45, 2.75) is 38.4 Å². The number of amides is 1. The first-order valence-electron chi connectivity index (χ1n) is 7.45. The van der Waals surface area contributed by atoms with Crippen LogP contribution in [0, 0.1) is 5.82 Å². The quantitative estimate of drug-likeness (QED) is 0.792. The number of hydrogen-bond acceptors (Lipinski definition) is 3. The summed E-state index contributed by atoms with van der Waals surface area (Å²) in [5.74, 6) is -0.731. The standard InChI is InChI=1S/C16H21BrFNO3/c1-11(22-10-13-5-3-4-8-21-13)16(20)19(2)15-7-6-12(17)9-14(15)18/h6-7,9,11,13H,3-5,8,10H2,1-2H3. The van der Waals surface area contributed by atoms with E-state index in [2.05, 4.69) is 15.9 Å². The molecule has 2 atom stereocenters. The maximum Gasteiger partial charge on any atom is 0.255 e. The minimum Gasteiger partial charge on any atom is -0.376 e. The number of benzene rings is 1. The van der Waals surface area contributed by atoms with Gasteiger partial charge in [0.2, 0.25) is 0 Å². The Labute approximate surface area is 138 Å². The monoisotopic (exact) mass is 373 g/mol. The molecule has 0 radical (unpaired) electrons. The van der Waals surface area contributed by atoms with E-state index in [1.807, 2.05) is 0 Å². The highest BCUT2D eigenvalue weighted by Gasteiger charge is 2.23. The Morgan fingerprint density at radius 2 is 2.32 bits per heavy atom. The minimum atomic E-state index is -0.640. The van der Waals surface area contributed by atoms with E-state index >= 15 is 0 Å². The Morgan fingerprint density at radius 1 is 1.55 bits per heavy atom. The fourth-order valence-electron chi connectivity index (χ4n) is 2.41. The summed E-state index contributed by atoms with van der Waals surface area (Å²) >= 11 is 3.20. The Hall–Kier alpha value is -0.980. The molecule has 122 valence electrons. The highest BCUT2D eigenvalue weighted by Crippen LogP contribution is 2.23. The summed E-state index contributed by atoms with van der Waals surface area (Å²) in [5, 5.41) is 0. The molecule has 2 unspecified atom stereocenters. The molecule has 1 fully saturated rings. The van der Waals surface area contributed by atoms with Gasteiger partial charge in [0, 0.05) is 18.1 Å². The number of carbonyl (C=O) groups is 1. The van der Waals surface area contributed by atoms with Gasteiger partial charge in [0.15, 0.2) is 0 Å². The van der Waals surface area contributed by atoms with Crippen molar-refractivity contribution < 1.29 is 18.7 Å². The van der Waals surface area contributed by atoms with Crippen molar-refractivity contribution in [3.63, 3.8) is 0 Å². The molecular formula is C16H21BrFNO3. The molecule has 1 saturated heterocycles. The van der Waals surface area contributed by atoms with Gasteiger partial charge in [-0.3, -0.25) is 4.79 Å². The summed E-state index contributed by atoms with van der Waals surface area (Å²) < 4.78 is 25.7. The summed E-state index contributed by atoms with van der Waals surface area (Å²) in [5.41, 5.74) is 0.234. The van der Waals surface area contributed by atoms with E-state index in [-0.39, 0.29) is 17.7 Å². The predicted octanol–water partition coefficient (Wildman–Crippen LogP) is 3.53. The van der Waals surface area contributed by atoms with Gasteiger partial charge in [-0.1, -0.05) is 15.9 Å². The molecule has 6 heteroatoms. The van der Waals surface area contributed by atoms with Crippen LogP contribution < -0.4 is 4.90 Å². The van der Waals surface area contributed by atoms with Crippen molar-refractivity contribution in [1.82, 2.24) is 0 Å². The third-order valence-electron chi connectivity index (χ3n) is 3.76. The molecule has 0 bridgehead atoms. The zero-order chi connectivity index (χ0) is 16.1. The lowest BCUT2D eigenvalue weighted by Gasteiger charge is -2.26. The fraction of sp³-hybridized carbons (Fsp3) is 0.562. The summed E-state index contributed by atoms with van der Waals surface area (Å²) in [6.45, 7) is 2.82. The molecule has 1 aromatic rings. The second-order valence-electron chi connectivity index (χ2n) is 5.46. The Bertz CT molecular complexity index is 520. The van der Waals surface area contributed by atoms with Gasteiger partial charge < -0.3 is 14.4 Å². The molecule has 0 saturated carbocycles. The van der Waals surface area contributed by atoms with Gasteiger partial charge in [-0.2, -0.15) is 0 Å². The predicted molar refractivity (Wildman–Crippen MR) is 86.5 cm³/mol. The van der Waals surface area contributed by atoms with E-state index in [9.17, 15) is 9.18 Å². The van der Waals surface area contributed by atoms with Crippen molar-refractivity contribution in [3.8, 4) is 0 Å². The van der Waals surface area contributed by atoms with E-state index in [0.29, 0.717) is 11.1 Å². The van der Waals surface area contributed by atoms with Crippen molar-refractivity contribution in [2.75, 3.05) is 25.2 Å². The molecule has 0 N–H and O–H groups in total. The molecule has 1 aromatic carbocycles. The summed E-state index contributed by atoms with van der Waals surface area (Å²) in [7, 11) is 1.55. The Kier molecular flexibility index (Phi) is 6.35. The van der Waals surface area contributed by atoms with Crippen LogP contribution in [0.15, 0.2) is 22.7 Å². The SMILES string of the molecule is CC(OCC1CCCCO1)C(=O)N(C)c1ccc(Br)cc1F. The zero-order valence-electron chi connectivity index (χ0n) is 12.9. The van der Waals surface area contributed by atoms with Gasteiger partial charge in [-0.05, 0) is 44.4 Å². The highest BCUT2D eigenvalue weighted by atomic mass is 79.9. The van der Waals surface area contributed by atoms with Crippen LogP contribution in [-0.2, 0) is 14.3 Å². The number of ether oxygens (including phenoxy) is 2. The number of anilines is 1. The number of carbonyl (C=O) groups excluding carboxylic acids is 1. The number of nitrogens with zero attached hydrogens (tertiary/aromatic N) is 1. The number of halogens is 2. The maximum absolute atomic E-state index is 13.9. The first kappa shape index (κ1) is 17.4. The lowest BCUT2D eigenvalue weighted by molar-refractivity contribution is -0.132. The Morgan fingerprint density at radius 3 is 2.95 bits per heavy atom. The minimum absolute atomic E-state index is 0.0544. The first-order chi connectivity index (χ1) is 10.5. The van der Waals surface area contributed by atoms with Crippen LogP contribution in [0.5, 0.6) is 0 Å². The smallest absolute Gasteiger partial charge is 0.255 e. The second kappa shape index (κ2) is 8.04. The van der Waals surface area contributed by atoms with Crippen LogP contribution in [0.1, 0.15) is 26.2 Å². The summed E-state index contributed by atoms with van der Waals surface area (Å²) in [6, 6.07) is 4.60. The molecular weight excluding hydrogens is 353 g/mol. The van der Waals surface area contributed by atoms with Crippen LogP contribution in [0.2, 0.25) is 0 Å². The largest absolute Gasteiger partial charge is 0.376 e. The number of likely N-dealkylation sites (N-methyl/N-ethyl adjacent to an activating group) is 1. The lowest BCUT2D eigenvalue weighted by Crippen LogP contribution is -2.38. The first-order valence-corrected chi connectivity index (χ1v) is 8.24. The van der Waals surface area contributed by atoms with Crippen molar-refractivity contribution >= 4 is 27.5 Å². The molecule has 1 aliphatic rings. The molecule has 0 aliphatic carbocycles. The average Bonchev–Trinajstić information content (AvgIpc) is 2.52. The van der Waals surface area contributed by atoms with Gasteiger partial charge in [0.05, 0.1) is 18.4 Å². The van der Waals surface area contributed by atoms with Crippen LogP contribution in [0.3, 0.4) is 0 Å². The molecule has 4 nitrogen and oxygen atoms in total. The van der Waals surface area contributed by atoms with Crippen molar-refractivity contribution in [3.05, 3.63) is 28.5 Å². The third kappa shape index (κ3) is 4.51. The summed E-state index contributed by atoms with van der Waals surface area (Å²) in [4.78, 5) is 13.6. The second-order valence-corrected chi connectivity index (χ2v) is 6.37. The van der Waals surface area contributed by atoms with Crippen LogP contribution in [0.25, 0.3) is 0 Å². The van der Waals surface area contributed by atoms with Gasteiger partial charge in [-0.25, -0.2) is 4.39 Å². The number of hydrogen-bond donors (Lipinski definition) is 0. The van der Waals surface area contributed by atoms with E-state index < -0.39 is 11.9 Å².